The third-order valence-electron chi connectivity index (χ3n) is 4.73. The van der Waals surface area contributed by atoms with Gasteiger partial charge in [-0.25, -0.2) is 0 Å². The fourth-order valence-corrected chi connectivity index (χ4v) is 3.31. The quantitative estimate of drug-likeness (QED) is 0.873. The van der Waals surface area contributed by atoms with Gasteiger partial charge in [-0.3, -0.25) is 4.99 Å². The molecule has 2 aliphatic rings. The Hall–Kier alpha value is -1.75. The van der Waals surface area contributed by atoms with E-state index in [4.69, 9.17) is 9.47 Å². The van der Waals surface area contributed by atoms with E-state index in [2.05, 4.69) is 46.8 Å². The Bertz CT molecular complexity index is 536. The van der Waals surface area contributed by atoms with Crippen molar-refractivity contribution in [2.75, 3.05) is 32.9 Å². The van der Waals surface area contributed by atoms with E-state index in [1.165, 1.54) is 5.56 Å². The van der Waals surface area contributed by atoms with Crippen molar-refractivity contribution >= 4 is 5.96 Å². The predicted octanol–water partition coefficient (Wildman–Crippen LogP) is 2.07. The van der Waals surface area contributed by atoms with Crippen LogP contribution in [0.3, 0.4) is 0 Å². The molecule has 0 aliphatic carbocycles. The van der Waals surface area contributed by atoms with Crippen LogP contribution in [-0.4, -0.2) is 44.9 Å². The summed E-state index contributed by atoms with van der Waals surface area (Å²) in [4.78, 5) is 4.51. The molecule has 1 saturated heterocycles. The molecule has 2 aliphatic heterocycles. The molecule has 0 saturated carbocycles. The third kappa shape index (κ3) is 3.78. The average Bonchev–Trinajstić information content (AvgIpc) is 3.00. The number of rotatable bonds is 5. The van der Waals surface area contributed by atoms with Crippen LogP contribution in [0.1, 0.15) is 32.3 Å². The van der Waals surface area contributed by atoms with E-state index >= 15 is 0 Å². The molecule has 0 radical (unpaired) electrons. The smallest absolute Gasteiger partial charge is 0.191 e. The Labute approximate surface area is 138 Å². The van der Waals surface area contributed by atoms with Crippen LogP contribution in [0.15, 0.2) is 29.3 Å². The fourth-order valence-electron chi connectivity index (χ4n) is 3.31. The lowest BCUT2D eigenvalue weighted by atomic mass is 9.74. The van der Waals surface area contributed by atoms with Gasteiger partial charge in [-0.05, 0) is 44.4 Å². The van der Waals surface area contributed by atoms with Crippen LogP contribution in [-0.2, 0) is 10.2 Å². The van der Waals surface area contributed by atoms with Gasteiger partial charge in [-0.15, -0.1) is 0 Å². The zero-order valence-electron chi connectivity index (χ0n) is 14.1. The van der Waals surface area contributed by atoms with Gasteiger partial charge in [0.2, 0.25) is 0 Å². The summed E-state index contributed by atoms with van der Waals surface area (Å²) in [7, 11) is 0. The Kier molecular flexibility index (Phi) is 5.06. The highest BCUT2D eigenvalue weighted by atomic mass is 16.5. The first-order valence-electron chi connectivity index (χ1n) is 8.58. The molecule has 5 nitrogen and oxygen atoms in total. The Balaban J connectivity index is 1.73. The number of ether oxygens (including phenoxy) is 2. The van der Waals surface area contributed by atoms with Gasteiger partial charge in [-0.1, -0.05) is 12.1 Å². The van der Waals surface area contributed by atoms with Crippen molar-refractivity contribution in [3.63, 3.8) is 0 Å². The summed E-state index contributed by atoms with van der Waals surface area (Å²) < 4.78 is 11.2. The molecule has 23 heavy (non-hydrogen) atoms. The number of aliphatic imine (C=N–C) groups is 1. The van der Waals surface area contributed by atoms with Gasteiger partial charge in [-0.2, -0.15) is 0 Å². The van der Waals surface area contributed by atoms with Crippen LogP contribution in [0, 0.1) is 0 Å². The molecule has 0 aromatic heterocycles. The van der Waals surface area contributed by atoms with E-state index in [1.54, 1.807) is 0 Å². The molecule has 0 spiro atoms. The Morgan fingerprint density at radius 1 is 1.30 bits per heavy atom. The molecule has 5 heteroatoms. The second kappa shape index (κ2) is 7.21. The Morgan fingerprint density at radius 3 is 2.65 bits per heavy atom. The molecule has 1 unspecified atom stereocenters. The fraction of sp³-hybridized carbons (Fsp3) is 0.611. The molecule has 3 rings (SSSR count). The maximum atomic E-state index is 5.60. The normalized spacial score (nSPS) is 23.0. The van der Waals surface area contributed by atoms with Crippen molar-refractivity contribution in [1.82, 2.24) is 10.6 Å². The van der Waals surface area contributed by atoms with Crippen molar-refractivity contribution in [2.45, 2.75) is 38.1 Å². The van der Waals surface area contributed by atoms with E-state index in [1.807, 2.05) is 6.92 Å². The largest absolute Gasteiger partial charge is 0.494 e. The number of guanidine groups is 1. The van der Waals surface area contributed by atoms with Crippen molar-refractivity contribution < 1.29 is 9.47 Å². The summed E-state index contributed by atoms with van der Waals surface area (Å²) in [6.07, 6.45) is 2.05. The number of nitrogens with zero attached hydrogens (tertiary/aromatic N) is 1. The number of hydrogen-bond donors (Lipinski definition) is 2. The van der Waals surface area contributed by atoms with Gasteiger partial charge in [0, 0.05) is 31.2 Å². The van der Waals surface area contributed by atoms with Gasteiger partial charge in [0.25, 0.3) is 0 Å². The second-order valence-corrected chi connectivity index (χ2v) is 6.44. The van der Waals surface area contributed by atoms with Gasteiger partial charge >= 0.3 is 0 Å². The molecule has 2 heterocycles. The van der Waals surface area contributed by atoms with Crippen LogP contribution >= 0.6 is 0 Å². The molecule has 0 amide bonds. The van der Waals surface area contributed by atoms with Gasteiger partial charge < -0.3 is 20.1 Å². The molecular weight excluding hydrogens is 290 g/mol. The van der Waals surface area contributed by atoms with E-state index in [0.717, 1.165) is 50.9 Å². The molecule has 1 aromatic carbocycles. The molecule has 2 N–H and O–H groups in total. The summed E-state index contributed by atoms with van der Waals surface area (Å²) in [5.74, 6) is 1.86. The van der Waals surface area contributed by atoms with Crippen molar-refractivity contribution in [3.8, 4) is 5.75 Å². The summed E-state index contributed by atoms with van der Waals surface area (Å²) in [5, 5.41) is 6.89. The van der Waals surface area contributed by atoms with Crippen LogP contribution < -0.4 is 15.4 Å². The lowest BCUT2D eigenvalue weighted by Crippen LogP contribution is -2.47. The predicted molar refractivity (Wildman–Crippen MR) is 92.2 cm³/mol. The lowest BCUT2D eigenvalue weighted by molar-refractivity contribution is 0.0514. The molecule has 1 atom stereocenters. The molecule has 0 bridgehead atoms. The van der Waals surface area contributed by atoms with Gasteiger partial charge in [0.1, 0.15) is 5.75 Å². The van der Waals surface area contributed by atoms with E-state index in [9.17, 15) is 0 Å². The molecule has 126 valence electrons. The third-order valence-corrected chi connectivity index (χ3v) is 4.73. The monoisotopic (exact) mass is 317 g/mol. The highest BCUT2D eigenvalue weighted by Gasteiger charge is 2.35. The minimum atomic E-state index is 0.0963. The molecule has 1 fully saturated rings. The Morgan fingerprint density at radius 2 is 2.04 bits per heavy atom. The first-order chi connectivity index (χ1) is 11.2. The second-order valence-electron chi connectivity index (χ2n) is 6.44. The maximum Gasteiger partial charge on any atom is 0.191 e. The van der Waals surface area contributed by atoms with Gasteiger partial charge in [0.05, 0.1) is 13.2 Å². The van der Waals surface area contributed by atoms with E-state index < -0.39 is 0 Å². The number of nitrogens with one attached hydrogen (secondary N) is 2. The minimum Gasteiger partial charge on any atom is -0.494 e. The summed E-state index contributed by atoms with van der Waals surface area (Å²) in [6.45, 7) is 8.20. The standard InChI is InChI=1S/C18H27N3O2/c1-3-23-16-6-4-15(5-7-16)18(8-10-22-11-9-18)13-20-17-19-12-14(2)21-17/h4-7,14H,3,8-13H2,1-2H3,(H2,19,20,21). The van der Waals surface area contributed by atoms with Crippen LogP contribution in [0.4, 0.5) is 0 Å². The first-order valence-corrected chi connectivity index (χ1v) is 8.58. The number of hydrogen-bond acceptors (Lipinski definition) is 5. The van der Waals surface area contributed by atoms with Crippen molar-refractivity contribution in [1.29, 1.82) is 0 Å². The zero-order valence-corrected chi connectivity index (χ0v) is 14.1. The van der Waals surface area contributed by atoms with Crippen molar-refractivity contribution in [3.05, 3.63) is 29.8 Å². The highest BCUT2D eigenvalue weighted by molar-refractivity contribution is 5.81. The van der Waals surface area contributed by atoms with E-state index in [-0.39, 0.29) is 5.41 Å². The maximum absolute atomic E-state index is 5.60. The summed E-state index contributed by atoms with van der Waals surface area (Å²) >= 11 is 0. The molecular formula is C18H27N3O2. The summed E-state index contributed by atoms with van der Waals surface area (Å²) in [5.41, 5.74) is 1.45. The summed E-state index contributed by atoms with van der Waals surface area (Å²) in [6, 6.07) is 8.97. The van der Waals surface area contributed by atoms with Crippen molar-refractivity contribution in [2.24, 2.45) is 4.99 Å². The minimum absolute atomic E-state index is 0.0963. The average molecular weight is 317 g/mol. The molecule has 1 aromatic rings. The van der Waals surface area contributed by atoms with Gasteiger partial charge in [0.15, 0.2) is 5.96 Å². The highest BCUT2D eigenvalue weighted by Crippen LogP contribution is 2.35. The SMILES string of the molecule is CCOc1ccc(C2(CNC3=NCC(C)N3)CCOCC2)cc1. The lowest BCUT2D eigenvalue weighted by Gasteiger charge is -2.38. The number of benzene rings is 1. The first kappa shape index (κ1) is 16.1. The van der Waals surface area contributed by atoms with E-state index in [0.29, 0.717) is 12.6 Å². The topological polar surface area (TPSA) is 54.9 Å². The zero-order chi connectivity index (χ0) is 16.1. The van der Waals surface area contributed by atoms with Crippen LogP contribution in [0.5, 0.6) is 5.75 Å². The van der Waals surface area contributed by atoms with Crippen LogP contribution in [0.2, 0.25) is 0 Å². The van der Waals surface area contributed by atoms with Crippen LogP contribution in [0.25, 0.3) is 0 Å².